The lowest BCUT2D eigenvalue weighted by Crippen LogP contribution is -2.40. The van der Waals surface area contributed by atoms with Crippen LogP contribution in [0.2, 0.25) is 0 Å². The molecule has 4 unspecified atom stereocenters. The Morgan fingerprint density at radius 2 is 1.61 bits per heavy atom. The Morgan fingerprint density at radius 3 is 2.23 bits per heavy atom. The van der Waals surface area contributed by atoms with Crippen LogP contribution < -0.4 is 20.7 Å². The number of nitrogens with one attached hydrogen (secondary N) is 1. The first-order valence-electron chi connectivity index (χ1n) is 19.7. The van der Waals surface area contributed by atoms with Crippen LogP contribution in [0, 0.1) is 38.5 Å². The number of carbonyl (C=O) groups excluding carboxylic acids is 2. The number of allylic oxidation sites excluding steroid dienone is 3. The number of hydrogen-bond acceptors (Lipinski definition) is 6. The molecule has 10 heteroatoms. The number of rotatable bonds is 16. The maximum absolute atomic E-state index is 14.7. The van der Waals surface area contributed by atoms with Crippen molar-refractivity contribution in [2.75, 3.05) is 13.2 Å². The number of alkyl halides is 4. The number of fused-ring (bicyclic) bond motifs is 4. The number of Topliss-reactive ketones (excluding diaryl/α,β-unsaturated/α-hetero) is 1. The summed E-state index contributed by atoms with van der Waals surface area (Å²) in [6.07, 6.45) is 5.97. The van der Waals surface area contributed by atoms with Crippen molar-refractivity contribution in [2.45, 2.75) is 98.5 Å². The Hall–Kier alpha value is -4.70. The maximum atomic E-state index is 14.7. The van der Waals surface area contributed by atoms with Gasteiger partial charge in [-0.2, -0.15) is 8.78 Å². The van der Waals surface area contributed by atoms with E-state index < -0.39 is 31.0 Å². The van der Waals surface area contributed by atoms with Crippen LogP contribution in [0.25, 0.3) is 11.3 Å². The van der Waals surface area contributed by atoms with E-state index in [4.69, 9.17) is 9.57 Å². The van der Waals surface area contributed by atoms with E-state index in [2.05, 4.69) is 60.6 Å². The second kappa shape index (κ2) is 17.2. The van der Waals surface area contributed by atoms with Gasteiger partial charge in [0, 0.05) is 53.1 Å². The van der Waals surface area contributed by atoms with E-state index in [1.165, 1.54) is 30.5 Å². The van der Waals surface area contributed by atoms with E-state index in [0.29, 0.717) is 24.3 Å². The van der Waals surface area contributed by atoms with Crippen LogP contribution in [0.4, 0.5) is 17.6 Å². The molecule has 4 atom stereocenters. The molecule has 1 heterocycles. The first kappa shape index (κ1) is 40.9. The fourth-order valence-corrected chi connectivity index (χ4v) is 8.79. The average Bonchev–Trinajstić information content (AvgIpc) is 3.47. The average molecular weight is 773 g/mol. The summed E-state index contributed by atoms with van der Waals surface area (Å²) in [7, 11) is 0. The second-order valence-corrected chi connectivity index (χ2v) is 15.6. The first-order chi connectivity index (χ1) is 26.7. The molecule has 56 heavy (non-hydrogen) atoms. The van der Waals surface area contributed by atoms with Gasteiger partial charge >= 0.3 is 18.3 Å². The van der Waals surface area contributed by atoms with Gasteiger partial charge in [-0.15, -0.1) is 5.48 Å². The SMILES string of the molecule is CCCCC(CC)CN1C2=CC=C(C(NOC(C)=O)c3ccc(OCC(F)(F)C(F)F)cc3)CC2C2CC(C(=O)c3c(C)cc(C)cc3C)=c3ccccc3=C21. The molecular weight excluding hydrogens is 721 g/mol. The van der Waals surface area contributed by atoms with Crippen LogP contribution >= 0.6 is 0 Å². The Morgan fingerprint density at radius 1 is 0.929 bits per heavy atom. The minimum atomic E-state index is -4.29. The molecule has 0 aromatic heterocycles. The number of ketones is 1. The molecule has 0 bridgehead atoms. The zero-order valence-electron chi connectivity index (χ0n) is 33.1. The smallest absolute Gasteiger partial charge is 0.340 e. The van der Waals surface area contributed by atoms with Gasteiger partial charge in [-0.25, -0.2) is 8.78 Å². The highest BCUT2D eigenvalue weighted by atomic mass is 19.3. The van der Waals surface area contributed by atoms with Crippen molar-refractivity contribution in [2.24, 2.45) is 17.8 Å². The van der Waals surface area contributed by atoms with Crippen LogP contribution in [0.5, 0.6) is 5.75 Å². The largest absolute Gasteiger partial charge is 0.487 e. The van der Waals surface area contributed by atoms with Crippen LogP contribution in [0.1, 0.15) is 97.9 Å². The number of ether oxygens (including phenoxy) is 1. The zero-order chi connectivity index (χ0) is 40.3. The Bertz CT molecular complexity index is 2120. The van der Waals surface area contributed by atoms with Crippen molar-refractivity contribution in [3.63, 3.8) is 0 Å². The molecule has 3 aromatic rings. The summed E-state index contributed by atoms with van der Waals surface area (Å²) in [5.74, 6) is -4.29. The quantitative estimate of drug-likeness (QED) is 0.0890. The Kier molecular flexibility index (Phi) is 12.6. The molecule has 2 aliphatic carbocycles. The highest BCUT2D eigenvalue weighted by Crippen LogP contribution is 2.52. The van der Waals surface area contributed by atoms with E-state index in [0.717, 1.165) is 76.1 Å². The standard InChI is InChI=1S/C46H52F4N2O4/c1-7-9-12-31(8-2)25-52-40-20-17-33(42(51-56-30(6)53)32-15-18-34(19-16-32)55-26-46(49,50)45(47)48)23-37(40)38-24-39(35-13-10-11-14-36(35)43(38)52)44(54)41-28(4)21-27(3)22-29(41)5/h10-11,13-22,31,37-38,42,45,51H,7-9,12,23-26H2,1-6H3. The van der Waals surface area contributed by atoms with Crippen molar-refractivity contribution < 1.29 is 36.7 Å². The van der Waals surface area contributed by atoms with E-state index in [-0.39, 0.29) is 23.4 Å². The topological polar surface area (TPSA) is 67.9 Å². The van der Waals surface area contributed by atoms with Gasteiger partial charge in [-0.3, -0.25) is 9.59 Å². The molecule has 298 valence electrons. The molecule has 6 nitrogen and oxygen atoms in total. The van der Waals surface area contributed by atoms with Crippen molar-refractivity contribution in [3.8, 4) is 5.75 Å². The van der Waals surface area contributed by atoms with Crippen molar-refractivity contribution in [1.82, 2.24) is 10.4 Å². The van der Waals surface area contributed by atoms with E-state index >= 15 is 0 Å². The summed E-state index contributed by atoms with van der Waals surface area (Å²) < 4.78 is 57.6. The molecule has 0 amide bonds. The van der Waals surface area contributed by atoms with Gasteiger partial charge in [0.15, 0.2) is 12.4 Å². The van der Waals surface area contributed by atoms with Crippen molar-refractivity contribution >= 4 is 23.0 Å². The number of aryl methyl sites for hydroxylation is 3. The van der Waals surface area contributed by atoms with E-state index in [9.17, 15) is 27.2 Å². The third kappa shape index (κ3) is 8.50. The molecule has 1 N–H and O–H groups in total. The Balaban J connectivity index is 1.41. The van der Waals surface area contributed by atoms with E-state index in [1.807, 2.05) is 32.9 Å². The molecule has 0 radical (unpaired) electrons. The monoisotopic (exact) mass is 772 g/mol. The van der Waals surface area contributed by atoms with Crippen LogP contribution in [-0.4, -0.2) is 42.2 Å². The Labute approximate surface area is 326 Å². The minimum Gasteiger partial charge on any atom is -0.487 e. The third-order valence-electron chi connectivity index (χ3n) is 11.5. The molecule has 3 aromatic carbocycles. The molecule has 3 aliphatic rings. The summed E-state index contributed by atoms with van der Waals surface area (Å²) >= 11 is 0. The molecule has 1 aliphatic heterocycles. The summed E-state index contributed by atoms with van der Waals surface area (Å²) in [6, 6.07) is 18.0. The molecule has 1 fully saturated rings. The number of unbranched alkanes of at least 4 members (excludes halogenated alkanes) is 1. The lowest BCUT2D eigenvalue weighted by Gasteiger charge is -2.31. The lowest BCUT2D eigenvalue weighted by molar-refractivity contribution is -0.149. The van der Waals surface area contributed by atoms with Crippen molar-refractivity contribution in [1.29, 1.82) is 0 Å². The van der Waals surface area contributed by atoms with Gasteiger partial charge in [0.25, 0.3) is 0 Å². The highest BCUT2D eigenvalue weighted by Gasteiger charge is 2.46. The van der Waals surface area contributed by atoms with Crippen LogP contribution in [0.15, 0.2) is 84.1 Å². The van der Waals surface area contributed by atoms with Gasteiger partial charge in [0.1, 0.15) is 5.75 Å². The predicted octanol–water partition coefficient (Wildman–Crippen LogP) is 9.22. The lowest BCUT2D eigenvalue weighted by atomic mass is 9.74. The molecule has 6 rings (SSSR count). The number of likely N-dealkylation sites (tertiary alicyclic amines) is 1. The van der Waals surface area contributed by atoms with Gasteiger partial charge < -0.3 is 14.5 Å². The van der Waals surface area contributed by atoms with E-state index in [1.54, 1.807) is 12.1 Å². The highest BCUT2D eigenvalue weighted by molar-refractivity contribution is 6.25. The van der Waals surface area contributed by atoms with Crippen LogP contribution in [-0.2, 0) is 9.63 Å². The van der Waals surface area contributed by atoms with Crippen molar-refractivity contribution in [3.05, 3.63) is 122 Å². The number of halogens is 4. The van der Waals surface area contributed by atoms with Gasteiger partial charge in [0.2, 0.25) is 0 Å². The first-order valence-corrected chi connectivity index (χ1v) is 19.7. The fraction of sp³-hybridized carbons (Fsp3) is 0.435. The predicted molar refractivity (Wildman–Crippen MR) is 210 cm³/mol. The summed E-state index contributed by atoms with van der Waals surface area (Å²) in [4.78, 5) is 34.6. The summed E-state index contributed by atoms with van der Waals surface area (Å²) in [5.41, 5.74) is 11.5. The third-order valence-corrected chi connectivity index (χ3v) is 11.5. The summed E-state index contributed by atoms with van der Waals surface area (Å²) in [5, 5.41) is 2.06. The summed E-state index contributed by atoms with van der Waals surface area (Å²) in [6.45, 7) is 11.2. The minimum absolute atomic E-state index is 0.00445. The number of hydroxylamine groups is 1. The van der Waals surface area contributed by atoms with Crippen LogP contribution in [0.3, 0.4) is 0 Å². The fourth-order valence-electron chi connectivity index (χ4n) is 8.79. The molecule has 0 saturated carbocycles. The maximum Gasteiger partial charge on any atom is 0.340 e. The number of benzene rings is 3. The van der Waals surface area contributed by atoms with Gasteiger partial charge in [0.05, 0.1) is 6.04 Å². The molecular formula is C46H52F4N2O4. The van der Waals surface area contributed by atoms with Gasteiger partial charge in [-0.05, 0) is 91.6 Å². The number of carbonyl (C=O) groups is 2. The van der Waals surface area contributed by atoms with Gasteiger partial charge in [-0.1, -0.05) is 93.3 Å². The second-order valence-electron chi connectivity index (χ2n) is 15.6. The molecule has 0 spiro atoms. The number of hydrogen-bond donors (Lipinski definition) is 1. The molecule has 1 saturated heterocycles. The normalized spacial score (nSPS) is 18.8. The zero-order valence-corrected chi connectivity index (χ0v) is 33.1. The number of nitrogens with zero attached hydrogens (tertiary/aromatic N) is 1.